The summed E-state index contributed by atoms with van der Waals surface area (Å²) in [6, 6.07) is 12.3. The summed E-state index contributed by atoms with van der Waals surface area (Å²) in [5.41, 5.74) is 1.85. The van der Waals surface area contributed by atoms with Gasteiger partial charge in [-0.2, -0.15) is 0 Å². The number of rotatable bonds is 2. The minimum atomic E-state index is -0.148. The van der Waals surface area contributed by atoms with Gasteiger partial charge < -0.3 is 10.4 Å². The minimum absolute atomic E-state index is 0.0914. The van der Waals surface area contributed by atoms with Crippen LogP contribution in [0.5, 0.6) is 5.75 Å². The van der Waals surface area contributed by atoms with Gasteiger partial charge in [-0.15, -0.1) is 11.8 Å². The molecule has 0 aliphatic carbocycles. The van der Waals surface area contributed by atoms with Crippen LogP contribution < -0.4 is 5.32 Å². The molecule has 0 saturated carbocycles. The van der Waals surface area contributed by atoms with E-state index < -0.39 is 0 Å². The molecule has 4 heteroatoms. The van der Waals surface area contributed by atoms with Crippen molar-refractivity contribution in [1.82, 2.24) is 0 Å². The van der Waals surface area contributed by atoms with E-state index >= 15 is 0 Å². The topological polar surface area (TPSA) is 32.3 Å². The predicted octanol–water partition coefficient (Wildman–Crippen LogP) is 4.18. The van der Waals surface area contributed by atoms with Gasteiger partial charge in [0.2, 0.25) is 0 Å². The lowest BCUT2D eigenvalue weighted by atomic mass is 10.0. The Hall–Kier alpha value is -1.68. The minimum Gasteiger partial charge on any atom is -0.508 e. The normalized spacial score (nSPS) is 17.8. The second kappa shape index (κ2) is 5.13. The summed E-state index contributed by atoms with van der Waals surface area (Å²) in [6.45, 7) is 0. The zero-order valence-electron chi connectivity index (χ0n) is 10.3. The Morgan fingerprint density at radius 2 is 2.05 bits per heavy atom. The molecule has 2 nitrogen and oxygen atoms in total. The van der Waals surface area contributed by atoms with Crippen LogP contribution in [0.3, 0.4) is 0 Å². The summed E-state index contributed by atoms with van der Waals surface area (Å²) in [6.07, 6.45) is 0.941. The highest BCUT2D eigenvalue weighted by Crippen LogP contribution is 2.39. The van der Waals surface area contributed by atoms with Crippen LogP contribution in [-0.4, -0.2) is 10.9 Å². The predicted molar refractivity (Wildman–Crippen MR) is 76.2 cm³/mol. The fourth-order valence-electron chi connectivity index (χ4n) is 2.33. The van der Waals surface area contributed by atoms with E-state index in [1.807, 2.05) is 12.1 Å². The Balaban J connectivity index is 1.90. The maximum Gasteiger partial charge on any atom is 0.137 e. The average molecular weight is 275 g/mol. The molecule has 1 atom stereocenters. The van der Waals surface area contributed by atoms with Gasteiger partial charge in [-0.05, 0) is 30.2 Å². The first-order valence-electron chi connectivity index (χ1n) is 6.21. The molecule has 1 heterocycles. The highest BCUT2D eigenvalue weighted by molar-refractivity contribution is 7.99. The summed E-state index contributed by atoms with van der Waals surface area (Å²) in [4.78, 5) is 0.742. The van der Waals surface area contributed by atoms with Crippen molar-refractivity contribution in [1.29, 1.82) is 0 Å². The summed E-state index contributed by atoms with van der Waals surface area (Å²) >= 11 is 1.57. The van der Waals surface area contributed by atoms with Gasteiger partial charge >= 0.3 is 0 Å². The van der Waals surface area contributed by atoms with E-state index in [4.69, 9.17) is 0 Å². The highest BCUT2D eigenvalue weighted by atomic mass is 32.2. The Morgan fingerprint density at radius 3 is 2.89 bits per heavy atom. The van der Waals surface area contributed by atoms with Gasteiger partial charge in [0, 0.05) is 22.4 Å². The van der Waals surface area contributed by atoms with Crippen molar-refractivity contribution in [2.45, 2.75) is 17.4 Å². The van der Waals surface area contributed by atoms with E-state index in [0.29, 0.717) is 0 Å². The third-order valence-corrected chi connectivity index (χ3v) is 4.37. The molecule has 0 bridgehead atoms. The van der Waals surface area contributed by atoms with Crippen LogP contribution in [0.1, 0.15) is 18.0 Å². The van der Waals surface area contributed by atoms with Crippen molar-refractivity contribution >= 4 is 17.4 Å². The first-order valence-corrected chi connectivity index (χ1v) is 7.19. The number of aromatic hydroxyl groups is 1. The SMILES string of the molecule is Oc1cccc(NC2CCSc3c(F)cccc32)c1. The average Bonchev–Trinajstić information content (AvgIpc) is 2.40. The number of phenols is 1. The summed E-state index contributed by atoms with van der Waals surface area (Å²) in [5, 5.41) is 12.8. The van der Waals surface area contributed by atoms with Crippen molar-refractivity contribution in [3.63, 3.8) is 0 Å². The number of hydrogen-bond acceptors (Lipinski definition) is 3. The number of nitrogens with one attached hydrogen (secondary N) is 1. The molecule has 0 spiro atoms. The number of halogens is 1. The van der Waals surface area contributed by atoms with Gasteiger partial charge in [0.15, 0.2) is 0 Å². The molecule has 2 aromatic rings. The van der Waals surface area contributed by atoms with Crippen LogP contribution in [0.2, 0.25) is 0 Å². The lowest BCUT2D eigenvalue weighted by molar-refractivity contribution is 0.475. The molecule has 3 rings (SSSR count). The molecule has 0 saturated heterocycles. The van der Waals surface area contributed by atoms with Crippen LogP contribution in [0.4, 0.5) is 10.1 Å². The maximum absolute atomic E-state index is 13.8. The number of benzene rings is 2. The molecule has 0 aromatic heterocycles. The van der Waals surface area contributed by atoms with Gasteiger partial charge in [0.1, 0.15) is 11.6 Å². The molecule has 19 heavy (non-hydrogen) atoms. The second-order valence-corrected chi connectivity index (χ2v) is 5.65. The molecule has 2 N–H and O–H groups in total. The smallest absolute Gasteiger partial charge is 0.137 e. The van der Waals surface area contributed by atoms with Gasteiger partial charge in [-0.25, -0.2) is 4.39 Å². The third-order valence-electron chi connectivity index (χ3n) is 3.21. The molecule has 98 valence electrons. The van der Waals surface area contributed by atoms with Crippen molar-refractivity contribution in [2.24, 2.45) is 0 Å². The van der Waals surface area contributed by atoms with Crippen molar-refractivity contribution in [3.05, 3.63) is 53.8 Å². The molecule has 0 fully saturated rings. The van der Waals surface area contributed by atoms with Crippen molar-refractivity contribution < 1.29 is 9.50 Å². The van der Waals surface area contributed by atoms with Crippen LogP contribution in [0, 0.1) is 5.82 Å². The number of thioether (sulfide) groups is 1. The summed E-state index contributed by atoms with van der Waals surface area (Å²) in [7, 11) is 0. The Kier molecular flexibility index (Phi) is 3.34. The largest absolute Gasteiger partial charge is 0.508 e. The van der Waals surface area contributed by atoms with Crippen LogP contribution in [-0.2, 0) is 0 Å². The lowest BCUT2D eigenvalue weighted by Crippen LogP contribution is -2.16. The standard InChI is InChI=1S/C15H14FNOS/c16-13-6-2-5-12-14(7-8-19-15(12)13)17-10-3-1-4-11(18)9-10/h1-6,9,14,17-18H,7-8H2. The Morgan fingerprint density at radius 1 is 1.21 bits per heavy atom. The lowest BCUT2D eigenvalue weighted by Gasteiger charge is -2.27. The van der Waals surface area contributed by atoms with Crippen molar-refractivity contribution in [2.75, 3.05) is 11.1 Å². The van der Waals surface area contributed by atoms with Crippen molar-refractivity contribution in [3.8, 4) is 5.75 Å². The fourth-order valence-corrected chi connectivity index (χ4v) is 3.47. The Labute approximate surface area is 115 Å². The van der Waals surface area contributed by atoms with E-state index in [1.54, 1.807) is 36.0 Å². The fraction of sp³-hybridized carbons (Fsp3) is 0.200. The third kappa shape index (κ3) is 2.54. The number of phenolic OH excluding ortho intramolecular Hbond substituents is 1. The van der Waals surface area contributed by atoms with Gasteiger partial charge in [-0.1, -0.05) is 18.2 Å². The van der Waals surface area contributed by atoms with Crippen LogP contribution in [0.15, 0.2) is 47.4 Å². The first kappa shape index (κ1) is 12.4. The molecule has 1 unspecified atom stereocenters. The van der Waals surface area contributed by atoms with Gasteiger partial charge in [0.05, 0.1) is 6.04 Å². The zero-order valence-corrected chi connectivity index (χ0v) is 11.1. The number of fused-ring (bicyclic) bond motifs is 1. The number of anilines is 1. The molecule has 1 aliphatic heterocycles. The molecular weight excluding hydrogens is 261 g/mol. The molecule has 2 aromatic carbocycles. The highest BCUT2D eigenvalue weighted by Gasteiger charge is 2.22. The monoisotopic (exact) mass is 275 g/mol. The molecular formula is C15H14FNOS. The quantitative estimate of drug-likeness (QED) is 0.862. The van der Waals surface area contributed by atoms with E-state index in [2.05, 4.69) is 5.32 Å². The molecule has 0 radical (unpaired) electrons. The molecule has 1 aliphatic rings. The van der Waals surface area contributed by atoms with E-state index in [-0.39, 0.29) is 17.6 Å². The van der Waals surface area contributed by atoms with Gasteiger partial charge in [0.25, 0.3) is 0 Å². The zero-order chi connectivity index (χ0) is 13.2. The summed E-state index contributed by atoms with van der Waals surface area (Å²) in [5.74, 6) is 0.976. The second-order valence-electron chi connectivity index (χ2n) is 4.54. The maximum atomic E-state index is 13.8. The van der Waals surface area contributed by atoms with Gasteiger partial charge in [-0.3, -0.25) is 0 Å². The summed E-state index contributed by atoms with van der Waals surface area (Å²) < 4.78 is 13.8. The molecule has 0 amide bonds. The van der Waals surface area contributed by atoms with E-state index in [9.17, 15) is 9.50 Å². The van der Waals surface area contributed by atoms with Crippen LogP contribution in [0.25, 0.3) is 0 Å². The Bertz CT molecular complexity index is 602. The number of hydrogen-bond donors (Lipinski definition) is 2. The van der Waals surface area contributed by atoms with Crippen LogP contribution >= 0.6 is 11.8 Å². The van der Waals surface area contributed by atoms with E-state index in [1.165, 1.54) is 6.07 Å². The first-order chi connectivity index (χ1) is 9.24. The van der Waals surface area contributed by atoms with E-state index in [0.717, 1.165) is 28.3 Å².